The van der Waals surface area contributed by atoms with Crippen LogP contribution in [0.25, 0.3) is 0 Å². The van der Waals surface area contributed by atoms with E-state index in [4.69, 9.17) is 38.4 Å². The minimum Gasteiger partial charge on any atom is -0.394 e. The predicted octanol–water partition coefficient (Wildman–Crippen LogP) is 1.50. The van der Waals surface area contributed by atoms with E-state index >= 15 is 0 Å². The zero-order chi connectivity index (χ0) is 60.2. The Bertz CT molecular complexity index is 3010. The van der Waals surface area contributed by atoms with Gasteiger partial charge in [-0.25, -0.2) is 23.8 Å². The number of aliphatic hydroxyl groups is 4. The lowest BCUT2D eigenvalue weighted by Gasteiger charge is -2.37. The number of H-pyrrole nitrogens is 4. The quantitative estimate of drug-likeness (QED) is 0.0582. The molecule has 0 radical (unpaired) electrons. The van der Waals surface area contributed by atoms with Crippen LogP contribution in [0.2, 0.25) is 0 Å². The van der Waals surface area contributed by atoms with Crippen molar-refractivity contribution in [1.29, 1.82) is 5.26 Å². The molecular formula is C52H79N10O18P. The average molecular weight is 1160 g/mol. The van der Waals surface area contributed by atoms with E-state index in [0.29, 0.717) is 73.8 Å². The molecular weight excluding hydrogens is 1080 g/mol. The molecule has 81 heavy (non-hydrogen) atoms. The molecule has 8 heterocycles. The number of aromatic nitrogens is 8. The first-order chi connectivity index (χ1) is 38.3. The minimum atomic E-state index is -1.41. The Morgan fingerprint density at radius 3 is 1.16 bits per heavy atom. The number of aromatic amines is 4. The second-order valence-electron chi connectivity index (χ2n) is 20.7. The number of nitriles is 1. The van der Waals surface area contributed by atoms with Crippen molar-refractivity contribution in [2.45, 2.75) is 213 Å². The summed E-state index contributed by atoms with van der Waals surface area (Å²) in [5, 5.41) is 46.8. The Labute approximate surface area is 466 Å². The number of rotatable bonds is 16. The van der Waals surface area contributed by atoms with Gasteiger partial charge in [0.1, 0.15) is 31.0 Å². The van der Waals surface area contributed by atoms with Crippen molar-refractivity contribution < 1.29 is 48.4 Å². The maximum Gasteiger partial charge on any atom is 0.330 e. The van der Waals surface area contributed by atoms with Gasteiger partial charge in [-0.1, -0.05) is 20.8 Å². The maximum absolute atomic E-state index is 12.3. The molecule has 0 bridgehead atoms. The first-order valence-corrected chi connectivity index (χ1v) is 28.2. The first kappa shape index (κ1) is 66.0. The van der Waals surface area contributed by atoms with Gasteiger partial charge in [-0.2, -0.15) is 5.26 Å². The fraction of sp³-hybridized carbons (Fsp3) is 0.673. The Morgan fingerprint density at radius 1 is 0.568 bits per heavy atom. The second-order valence-corrected chi connectivity index (χ2v) is 22.1. The van der Waals surface area contributed by atoms with Gasteiger partial charge in [0.2, 0.25) is 0 Å². The molecule has 1 unspecified atom stereocenters. The number of nitrogens with zero attached hydrogens (tertiary/aromatic N) is 6. The van der Waals surface area contributed by atoms with Gasteiger partial charge >= 0.3 is 22.8 Å². The van der Waals surface area contributed by atoms with Crippen LogP contribution in [-0.2, 0) is 28.0 Å². The van der Waals surface area contributed by atoms with Crippen molar-refractivity contribution in [1.82, 2.24) is 42.9 Å². The lowest BCUT2D eigenvalue weighted by atomic mass is 10.1. The van der Waals surface area contributed by atoms with Gasteiger partial charge in [-0.15, -0.1) is 0 Å². The molecule has 0 aromatic carbocycles. The molecule has 4 aliphatic rings. The van der Waals surface area contributed by atoms with Crippen molar-refractivity contribution in [3.63, 3.8) is 0 Å². The Morgan fingerprint density at radius 2 is 0.877 bits per heavy atom. The van der Waals surface area contributed by atoms with E-state index in [1.807, 2.05) is 20.8 Å². The van der Waals surface area contributed by atoms with Crippen LogP contribution in [0.4, 0.5) is 0 Å². The van der Waals surface area contributed by atoms with Crippen LogP contribution in [0.1, 0.15) is 147 Å². The smallest absolute Gasteiger partial charge is 0.330 e. The summed E-state index contributed by atoms with van der Waals surface area (Å²) in [5.41, 5.74) is -1.99. The lowest BCUT2D eigenvalue weighted by molar-refractivity contribution is -0.0459. The van der Waals surface area contributed by atoms with Crippen molar-refractivity contribution in [3.05, 3.63) is 130 Å². The molecule has 29 heteroatoms. The Hall–Kier alpha value is -5.80. The highest BCUT2D eigenvalue weighted by Crippen LogP contribution is 2.50. The third kappa shape index (κ3) is 16.9. The number of hydrogen-bond donors (Lipinski definition) is 8. The molecule has 8 rings (SSSR count). The molecule has 0 amide bonds. The maximum atomic E-state index is 12.3. The van der Waals surface area contributed by atoms with E-state index in [0.717, 1.165) is 0 Å². The van der Waals surface area contributed by atoms with Gasteiger partial charge in [-0.3, -0.25) is 57.4 Å². The van der Waals surface area contributed by atoms with E-state index in [2.05, 4.69) is 58.4 Å². The molecule has 0 saturated carbocycles. The van der Waals surface area contributed by atoms with Crippen LogP contribution in [-0.4, -0.2) is 137 Å². The topological polar surface area (TPSA) is 383 Å². The van der Waals surface area contributed by atoms with Crippen LogP contribution in [0.5, 0.6) is 0 Å². The molecule has 8 N–H and O–H groups in total. The van der Waals surface area contributed by atoms with E-state index < -0.39 is 103 Å². The van der Waals surface area contributed by atoms with Crippen molar-refractivity contribution >= 4 is 8.53 Å². The fourth-order valence-corrected chi connectivity index (χ4v) is 11.3. The number of hydrogen-bond acceptors (Lipinski definition) is 20. The van der Waals surface area contributed by atoms with Gasteiger partial charge in [0, 0.05) is 84.8 Å². The summed E-state index contributed by atoms with van der Waals surface area (Å²) in [6, 6.07) is 2.49. The molecule has 13 atom stereocenters. The highest BCUT2D eigenvalue weighted by molar-refractivity contribution is 7.44. The number of nitrogens with one attached hydrogen (secondary N) is 4. The highest BCUT2D eigenvalue weighted by atomic mass is 31.2. The van der Waals surface area contributed by atoms with Crippen LogP contribution < -0.4 is 45.0 Å². The van der Waals surface area contributed by atoms with Gasteiger partial charge < -0.3 is 48.4 Å². The normalized spacial score (nSPS) is 26.4. The SMILES string of the molecule is CC[C@@H]1O[C@H](n2cc(C)c(=O)[nH]c2=O)C[C@@H]1O.CC[C@@H]1O[C@H](n2cc(C)c(=O)[nH]c2=O)C[C@@H]1OP(OCCC#N)N(C(C)C)C(C)C.CC[C@@H]1O[C@H](n2cc(C)c(=O)[nH]c2=O)C[C@H]1O.Cc1cn([C@@H]2C[C@@H](O)[C@H](CO)O2)c(=O)[nH]c1=O. The summed E-state index contributed by atoms with van der Waals surface area (Å²) in [5.74, 6) is 0. The Kier molecular flexibility index (Phi) is 24.4. The molecule has 4 aromatic rings. The molecule has 4 fully saturated rings. The first-order valence-electron chi connectivity index (χ1n) is 27.1. The highest BCUT2D eigenvalue weighted by Gasteiger charge is 2.41. The van der Waals surface area contributed by atoms with E-state index in [-0.39, 0.29) is 49.5 Å². The third-order valence-electron chi connectivity index (χ3n) is 13.9. The van der Waals surface area contributed by atoms with E-state index in [1.165, 1.54) is 43.1 Å². The molecule has 0 aliphatic carbocycles. The van der Waals surface area contributed by atoms with Crippen LogP contribution in [0, 0.1) is 39.0 Å². The minimum absolute atomic E-state index is 0.195. The summed E-state index contributed by atoms with van der Waals surface area (Å²) in [7, 11) is -1.41. The number of aryl methyl sites for hydroxylation is 4. The van der Waals surface area contributed by atoms with Crippen LogP contribution >= 0.6 is 8.53 Å². The van der Waals surface area contributed by atoms with Gasteiger partial charge in [-0.05, 0) is 74.7 Å². The van der Waals surface area contributed by atoms with Gasteiger partial charge in [0.05, 0.1) is 68.4 Å². The number of ether oxygens (including phenoxy) is 4. The number of aliphatic hydroxyl groups excluding tert-OH is 4. The van der Waals surface area contributed by atoms with Crippen molar-refractivity contribution in [3.8, 4) is 6.07 Å². The fourth-order valence-electron chi connectivity index (χ4n) is 9.51. The molecule has 4 aliphatic heterocycles. The Balaban J connectivity index is 0.000000206. The average Bonchev–Trinajstić information content (AvgIpc) is 4.23. The standard InChI is InChI=1S/C20H33N4O5P.2C11H16N2O4.C10H14N2O5/c1-7-16-17(11-18(28-16)23-12-15(6)19(25)22-20(23)26)29-30(27-10-8-9-21)24(13(2)3)14(4)5;2*1-3-8-7(14)4-9(17-8)13-5-6(2)10(15)12-11(13)16;1-5-3-12(10(16)11-9(5)15)8-2-6(14)7(4-13)17-8/h12-14,16-18H,7-8,10-11H2,1-6H3,(H,22,25,26);2*5,7-9,14H,3-4H2,1-2H3,(H,12,15,16);3,6-8,13-14H,2,4H2,1H3,(H,11,15,16)/t16-,17-,18-,30?;7-,8+,9+;7-,8-,9-;6-,7+,8+/m0101/s1. The van der Waals surface area contributed by atoms with Crippen LogP contribution in [0.3, 0.4) is 0 Å². The van der Waals surface area contributed by atoms with E-state index in [9.17, 15) is 53.7 Å². The van der Waals surface area contributed by atoms with Crippen molar-refractivity contribution in [2.75, 3.05) is 13.2 Å². The largest absolute Gasteiger partial charge is 0.394 e. The second kappa shape index (κ2) is 30.0. The summed E-state index contributed by atoms with van der Waals surface area (Å²) in [6.45, 7) is 20.6. The zero-order valence-corrected chi connectivity index (χ0v) is 48.5. The predicted molar refractivity (Wildman–Crippen MR) is 294 cm³/mol. The molecule has 28 nitrogen and oxygen atoms in total. The summed E-state index contributed by atoms with van der Waals surface area (Å²) in [6.07, 6.45) is 3.83. The zero-order valence-electron chi connectivity index (χ0n) is 47.6. The van der Waals surface area contributed by atoms with Crippen LogP contribution in [0.15, 0.2) is 63.1 Å². The third-order valence-corrected chi connectivity index (χ3v) is 16.0. The summed E-state index contributed by atoms with van der Waals surface area (Å²) in [4.78, 5) is 101. The molecule has 450 valence electrons. The molecule has 4 saturated heterocycles. The molecule has 4 aromatic heterocycles. The monoisotopic (exact) mass is 1160 g/mol. The summed E-state index contributed by atoms with van der Waals surface area (Å²) < 4.78 is 42.5. The molecule has 0 spiro atoms. The summed E-state index contributed by atoms with van der Waals surface area (Å²) >= 11 is 0. The van der Waals surface area contributed by atoms with E-state index in [1.54, 1.807) is 27.7 Å². The van der Waals surface area contributed by atoms with Crippen molar-refractivity contribution in [2.24, 2.45) is 0 Å². The van der Waals surface area contributed by atoms with Gasteiger partial charge in [0.15, 0.2) is 0 Å². The lowest BCUT2D eigenvalue weighted by Crippen LogP contribution is -2.35. The van der Waals surface area contributed by atoms with Gasteiger partial charge in [0.25, 0.3) is 30.8 Å².